The van der Waals surface area contributed by atoms with Gasteiger partial charge in [-0.1, -0.05) is 36.5 Å². The van der Waals surface area contributed by atoms with Crippen LogP contribution in [0.15, 0.2) is 36.5 Å². The van der Waals surface area contributed by atoms with Crippen LogP contribution in [0.25, 0.3) is 0 Å². The van der Waals surface area contributed by atoms with Crippen LogP contribution < -0.4 is 0 Å². The molecule has 1 aliphatic carbocycles. The molecule has 0 aromatic heterocycles. The van der Waals surface area contributed by atoms with Gasteiger partial charge in [0.2, 0.25) is 0 Å². The molecule has 0 fully saturated rings. The molecule has 49 heavy (non-hydrogen) atoms. The van der Waals surface area contributed by atoms with Gasteiger partial charge in [-0.3, -0.25) is 38.4 Å². The van der Waals surface area contributed by atoms with E-state index in [1.807, 2.05) is 0 Å². The molecule has 272 valence electrons. The molecule has 15 heteroatoms. The average molecular weight is 695 g/mol. The Morgan fingerprint density at radius 1 is 0.490 bits per heavy atom. The lowest BCUT2D eigenvalue weighted by Crippen LogP contribution is -2.42. The molecule has 0 saturated carbocycles. The Hall–Kier alpha value is -4.82. The van der Waals surface area contributed by atoms with Crippen molar-refractivity contribution in [2.75, 3.05) is 49.8 Å². The van der Waals surface area contributed by atoms with E-state index in [1.54, 1.807) is 0 Å². The molecule has 0 aromatic carbocycles. The summed E-state index contributed by atoms with van der Waals surface area (Å²) in [6, 6.07) is 0. The third-order valence-corrected chi connectivity index (χ3v) is 8.55. The lowest BCUT2D eigenvalue weighted by molar-refractivity contribution is -0.171. The van der Waals surface area contributed by atoms with E-state index in [1.165, 1.54) is 36.5 Å². The molecule has 0 N–H and O–H groups in total. The van der Waals surface area contributed by atoms with Crippen LogP contribution in [0.4, 0.5) is 0 Å². The number of ether oxygens (including phenoxy) is 7. The second kappa shape index (κ2) is 19.9. The van der Waals surface area contributed by atoms with Crippen LogP contribution in [0.2, 0.25) is 0 Å². The van der Waals surface area contributed by atoms with Crippen molar-refractivity contribution in [3.63, 3.8) is 0 Å². The van der Waals surface area contributed by atoms with Crippen LogP contribution >= 0.6 is 0 Å². The van der Waals surface area contributed by atoms with Gasteiger partial charge >= 0.3 is 41.8 Å². The zero-order chi connectivity index (χ0) is 37.3. The number of hydrogen-bond acceptors (Lipinski definition) is 15. The molecule has 1 atom stereocenters. The lowest BCUT2D eigenvalue weighted by Gasteiger charge is -2.28. The highest BCUT2D eigenvalue weighted by Crippen LogP contribution is 2.37. The Bertz CT molecular complexity index is 1270. The molecule has 0 radical (unpaired) electrons. The summed E-state index contributed by atoms with van der Waals surface area (Å²) in [6.45, 7) is 0. The first-order valence-electron chi connectivity index (χ1n) is 15.3. The molecular formula is C34H46O15. The lowest BCUT2D eigenvalue weighted by atomic mass is 9.76. The van der Waals surface area contributed by atoms with E-state index in [4.69, 9.17) is 33.2 Å². The van der Waals surface area contributed by atoms with Gasteiger partial charge in [0.05, 0.1) is 55.7 Å². The van der Waals surface area contributed by atoms with Crippen molar-refractivity contribution in [1.82, 2.24) is 0 Å². The first-order chi connectivity index (χ1) is 23.2. The minimum Gasteiger partial charge on any atom is -0.469 e. The maximum atomic E-state index is 13.2. The van der Waals surface area contributed by atoms with E-state index >= 15 is 0 Å². The molecule has 0 aromatic rings. The summed E-state index contributed by atoms with van der Waals surface area (Å²) in [5, 5.41) is 0. The molecule has 0 spiro atoms. The van der Waals surface area contributed by atoms with Crippen molar-refractivity contribution < 1.29 is 71.5 Å². The Morgan fingerprint density at radius 2 is 0.796 bits per heavy atom. The summed E-state index contributed by atoms with van der Waals surface area (Å²) in [5.41, 5.74) is -5.84. The number of carbonyl (C=O) groups is 8. The number of methoxy groups -OCH3 is 7. The molecule has 15 nitrogen and oxygen atoms in total. The number of Topliss-reactive ketones (excluding diaryl/α,β-unsaturated/α-hetero) is 1. The van der Waals surface area contributed by atoms with Gasteiger partial charge in [-0.2, -0.15) is 0 Å². The van der Waals surface area contributed by atoms with Crippen molar-refractivity contribution >= 4 is 47.6 Å². The smallest absolute Gasteiger partial charge is 0.323 e. The van der Waals surface area contributed by atoms with Gasteiger partial charge in [0.25, 0.3) is 0 Å². The molecule has 0 heterocycles. The second-order valence-corrected chi connectivity index (χ2v) is 11.3. The monoisotopic (exact) mass is 694 g/mol. The number of rotatable bonds is 7. The molecule has 0 saturated heterocycles. The second-order valence-electron chi connectivity index (χ2n) is 11.3. The topological polar surface area (TPSA) is 201 Å². The van der Waals surface area contributed by atoms with E-state index < -0.39 is 69.7 Å². The molecule has 0 amide bonds. The van der Waals surface area contributed by atoms with Gasteiger partial charge in [-0.15, -0.1) is 0 Å². The Balaban J connectivity index is 3.90. The predicted octanol–water partition coefficient (Wildman–Crippen LogP) is 2.54. The number of hydrogen-bond donors (Lipinski definition) is 0. The van der Waals surface area contributed by atoms with Crippen LogP contribution in [-0.2, 0) is 71.5 Å². The summed E-state index contributed by atoms with van der Waals surface area (Å²) in [7, 11) is 7.62. The molecule has 1 rings (SSSR count). The Labute approximate surface area is 285 Å². The number of allylic oxidation sites excluding steroid dienone is 6. The first kappa shape index (κ1) is 42.2. The third kappa shape index (κ3) is 10.1. The van der Waals surface area contributed by atoms with Gasteiger partial charge in [0, 0.05) is 12.8 Å². The fraction of sp³-hybridized carbons (Fsp3) is 0.588. The maximum absolute atomic E-state index is 13.2. The Morgan fingerprint density at radius 3 is 1.12 bits per heavy atom. The highest BCUT2D eigenvalue weighted by molar-refractivity contribution is 6.02. The van der Waals surface area contributed by atoms with E-state index in [0.29, 0.717) is 0 Å². The molecule has 1 aliphatic rings. The van der Waals surface area contributed by atoms with Crippen LogP contribution in [-0.4, -0.2) is 97.3 Å². The Kier molecular flexibility index (Phi) is 17.1. The number of esters is 7. The zero-order valence-corrected chi connectivity index (χ0v) is 29.0. The molecule has 1 unspecified atom stereocenters. The quantitative estimate of drug-likeness (QED) is 0.163. The molecule has 0 bridgehead atoms. The summed E-state index contributed by atoms with van der Waals surface area (Å²) < 4.78 is 34.5. The normalized spacial score (nSPS) is 21.6. The average Bonchev–Trinajstić information content (AvgIpc) is 3.12. The SMILES string of the molecule is COC(=O)C1C/C=C/CC(C(=O)OC)(C(=O)OC)C/C=C/CC(C(=O)OC)(C(=O)OC)C/C=C/CC(C(=O)OC)(C(=O)OC)CCC(=O)C1. The van der Waals surface area contributed by atoms with Crippen LogP contribution in [0.1, 0.15) is 57.8 Å². The van der Waals surface area contributed by atoms with Gasteiger partial charge in [-0.25, -0.2) is 0 Å². The van der Waals surface area contributed by atoms with Gasteiger partial charge in [-0.05, 0) is 44.9 Å². The highest BCUT2D eigenvalue weighted by Gasteiger charge is 2.50. The van der Waals surface area contributed by atoms with Crippen LogP contribution in [0.3, 0.4) is 0 Å². The van der Waals surface area contributed by atoms with E-state index in [2.05, 4.69) is 0 Å². The summed E-state index contributed by atoms with van der Waals surface area (Å²) in [6.07, 6.45) is 5.88. The van der Waals surface area contributed by atoms with E-state index in [0.717, 1.165) is 49.8 Å². The van der Waals surface area contributed by atoms with E-state index in [9.17, 15) is 38.4 Å². The minimum atomic E-state index is -1.98. The summed E-state index contributed by atoms with van der Waals surface area (Å²) >= 11 is 0. The van der Waals surface area contributed by atoms with Crippen molar-refractivity contribution in [2.45, 2.75) is 57.8 Å². The van der Waals surface area contributed by atoms with Crippen molar-refractivity contribution in [1.29, 1.82) is 0 Å². The van der Waals surface area contributed by atoms with Crippen LogP contribution in [0, 0.1) is 22.2 Å². The molecule has 0 aliphatic heterocycles. The minimum absolute atomic E-state index is 0.0324. The van der Waals surface area contributed by atoms with E-state index in [-0.39, 0.29) is 57.8 Å². The third-order valence-electron chi connectivity index (χ3n) is 8.55. The van der Waals surface area contributed by atoms with Gasteiger partial charge < -0.3 is 33.2 Å². The summed E-state index contributed by atoms with van der Waals surface area (Å²) in [4.78, 5) is 104. The van der Waals surface area contributed by atoms with Crippen molar-refractivity contribution in [2.24, 2.45) is 22.2 Å². The maximum Gasteiger partial charge on any atom is 0.323 e. The fourth-order valence-corrected chi connectivity index (χ4v) is 5.57. The number of carbonyl (C=O) groups excluding carboxylic acids is 8. The fourth-order valence-electron chi connectivity index (χ4n) is 5.57. The van der Waals surface area contributed by atoms with Gasteiger partial charge in [0.15, 0.2) is 16.2 Å². The zero-order valence-electron chi connectivity index (χ0n) is 29.0. The predicted molar refractivity (Wildman–Crippen MR) is 169 cm³/mol. The standard InChI is InChI=1S/C34H46O15/c1-43-25(36)23-14-8-9-16-32(26(37)44-2,27(38)45-3)17-10-11-18-33(28(39)46-4,29(40)47-5)19-12-13-20-34(30(41)48-6,31(42)49-7)21-15-24(35)22-23/h8-13,23H,14-22H2,1-7H3/b9-8+,11-10+,13-12+. The number of ketones is 1. The van der Waals surface area contributed by atoms with Gasteiger partial charge in [0.1, 0.15) is 5.78 Å². The molecular weight excluding hydrogens is 648 g/mol. The van der Waals surface area contributed by atoms with Crippen LogP contribution in [0.5, 0.6) is 0 Å². The van der Waals surface area contributed by atoms with Crippen molar-refractivity contribution in [3.8, 4) is 0 Å². The first-order valence-corrected chi connectivity index (χ1v) is 15.3. The van der Waals surface area contributed by atoms with Crippen molar-refractivity contribution in [3.05, 3.63) is 36.5 Å². The largest absolute Gasteiger partial charge is 0.469 e. The highest BCUT2D eigenvalue weighted by atomic mass is 16.6. The summed E-state index contributed by atoms with van der Waals surface area (Å²) in [5.74, 6) is -7.92.